The average molecular weight is 335 g/mol. The Morgan fingerprint density at radius 1 is 1.20 bits per heavy atom. The molecule has 1 aromatic carbocycles. The van der Waals surface area contributed by atoms with Crippen LogP contribution in [0.15, 0.2) is 42.6 Å². The van der Waals surface area contributed by atoms with Gasteiger partial charge < -0.3 is 15.2 Å². The third kappa shape index (κ3) is 3.07. The topological polar surface area (TPSA) is 73.9 Å². The lowest BCUT2D eigenvalue weighted by Gasteiger charge is -2.20. The molecular weight excluding hydrogens is 314 g/mol. The van der Waals surface area contributed by atoms with Crippen molar-refractivity contribution in [3.05, 3.63) is 54.0 Å². The molecule has 1 amide bonds. The molecule has 6 nitrogen and oxygen atoms in total. The SMILES string of the molecule is CC(NC(=O)c1cccnc1N1CCCC1)c1nc2ccccc2[nH]1. The monoisotopic (exact) mass is 335 g/mol. The Balaban J connectivity index is 1.55. The Morgan fingerprint density at radius 3 is 2.80 bits per heavy atom. The molecule has 0 saturated carbocycles. The molecule has 1 saturated heterocycles. The van der Waals surface area contributed by atoms with Gasteiger partial charge in [-0.15, -0.1) is 0 Å². The van der Waals surface area contributed by atoms with Gasteiger partial charge in [0.05, 0.1) is 22.6 Å². The Morgan fingerprint density at radius 2 is 2.00 bits per heavy atom. The first-order chi connectivity index (χ1) is 12.2. The van der Waals surface area contributed by atoms with Crippen molar-refractivity contribution in [2.24, 2.45) is 0 Å². The van der Waals surface area contributed by atoms with Gasteiger partial charge in [-0.2, -0.15) is 0 Å². The highest BCUT2D eigenvalue weighted by Gasteiger charge is 2.22. The summed E-state index contributed by atoms with van der Waals surface area (Å²) in [6.45, 7) is 3.84. The van der Waals surface area contributed by atoms with Crippen LogP contribution in [0.4, 0.5) is 5.82 Å². The molecule has 3 heterocycles. The standard InChI is InChI=1S/C19H21N5O/c1-13(17-22-15-8-2-3-9-16(15)23-17)21-19(25)14-7-6-10-20-18(14)24-11-4-5-12-24/h2-3,6-10,13H,4-5,11-12H2,1H3,(H,21,25)(H,22,23). The summed E-state index contributed by atoms with van der Waals surface area (Å²) in [5.41, 5.74) is 2.49. The number of anilines is 1. The van der Waals surface area contributed by atoms with Crippen LogP contribution < -0.4 is 10.2 Å². The molecule has 0 bridgehead atoms. The lowest BCUT2D eigenvalue weighted by Crippen LogP contribution is -2.30. The number of H-pyrrole nitrogens is 1. The van der Waals surface area contributed by atoms with Crippen LogP contribution in [0.5, 0.6) is 0 Å². The first kappa shape index (κ1) is 15.6. The van der Waals surface area contributed by atoms with Crippen molar-refractivity contribution < 1.29 is 4.79 Å². The molecule has 3 aromatic rings. The number of imidazole rings is 1. The van der Waals surface area contributed by atoms with Crippen molar-refractivity contribution in [2.45, 2.75) is 25.8 Å². The molecule has 1 aliphatic heterocycles. The maximum absolute atomic E-state index is 12.8. The van der Waals surface area contributed by atoms with Crippen LogP contribution in [0.2, 0.25) is 0 Å². The molecule has 25 heavy (non-hydrogen) atoms. The van der Waals surface area contributed by atoms with Crippen LogP contribution in [0.25, 0.3) is 11.0 Å². The summed E-state index contributed by atoms with van der Waals surface area (Å²) >= 11 is 0. The number of hydrogen-bond donors (Lipinski definition) is 2. The van der Waals surface area contributed by atoms with E-state index in [-0.39, 0.29) is 11.9 Å². The van der Waals surface area contributed by atoms with Gasteiger partial charge in [-0.1, -0.05) is 12.1 Å². The highest BCUT2D eigenvalue weighted by molar-refractivity contribution is 5.99. The number of carbonyl (C=O) groups excluding carboxylic acids is 1. The summed E-state index contributed by atoms with van der Waals surface area (Å²) in [5.74, 6) is 1.40. The van der Waals surface area contributed by atoms with Crippen LogP contribution in [0.3, 0.4) is 0 Å². The Kier molecular flexibility index (Phi) is 4.09. The average Bonchev–Trinajstić information content (AvgIpc) is 3.31. The second kappa shape index (κ2) is 6.55. The number of fused-ring (bicyclic) bond motifs is 1. The summed E-state index contributed by atoms with van der Waals surface area (Å²) in [5, 5.41) is 3.04. The molecule has 0 aliphatic carbocycles. The van der Waals surface area contributed by atoms with Crippen molar-refractivity contribution in [1.29, 1.82) is 0 Å². The number of pyridine rings is 1. The molecule has 2 aromatic heterocycles. The number of para-hydroxylation sites is 2. The normalized spacial score (nSPS) is 15.5. The lowest BCUT2D eigenvalue weighted by atomic mass is 10.2. The first-order valence-electron chi connectivity index (χ1n) is 8.68. The zero-order chi connectivity index (χ0) is 17.2. The van der Waals surface area contributed by atoms with Crippen molar-refractivity contribution in [3.63, 3.8) is 0 Å². The van der Waals surface area contributed by atoms with E-state index in [4.69, 9.17) is 0 Å². The minimum atomic E-state index is -0.216. The van der Waals surface area contributed by atoms with Gasteiger partial charge in [0.25, 0.3) is 5.91 Å². The van der Waals surface area contributed by atoms with Gasteiger partial charge in [0, 0.05) is 19.3 Å². The third-order valence-corrected chi connectivity index (χ3v) is 4.60. The number of nitrogens with zero attached hydrogens (tertiary/aromatic N) is 3. The van der Waals surface area contributed by atoms with Gasteiger partial charge in [-0.05, 0) is 44.0 Å². The van der Waals surface area contributed by atoms with E-state index in [2.05, 4.69) is 25.2 Å². The number of aromatic amines is 1. The van der Waals surface area contributed by atoms with Crippen LogP contribution in [0, 0.1) is 0 Å². The van der Waals surface area contributed by atoms with Gasteiger partial charge in [0.2, 0.25) is 0 Å². The number of carbonyl (C=O) groups is 1. The van der Waals surface area contributed by atoms with E-state index in [0.717, 1.165) is 48.6 Å². The van der Waals surface area contributed by atoms with E-state index in [1.165, 1.54) is 0 Å². The maximum Gasteiger partial charge on any atom is 0.255 e. The molecular formula is C19H21N5O. The maximum atomic E-state index is 12.8. The number of rotatable bonds is 4. The van der Waals surface area contributed by atoms with E-state index in [9.17, 15) is 4.79 Å². The van der Waals surface area contributed by atoms with Gasteiger partial charge in [0.15, 0.2) is 0 Å². The number of hydrogen-bond acceptors (Lipinski definition) is 4. The Labute approximate surface area is 146 Å². The van der Waals surface area contributed by atoms with E-state index in [1.54, 1.807) is 12.3 Å². The van der Waals surface area contributed by atoms with Crippen LogP contribution in [-0.4, -0.2) is 33.9 Å². The van der Waals surface area contributed by atoms with Crippen LogP contribution in [0.1, 0.15) is 42.0 Å². The summed E-state index contributed by atoms with van der Waals surface area (Å²) < 4.78 is 0. The molecule has 0 spiro atoms. The number of nitrogens with one attached hydrogen (secondary N) is 2. The predicted octanol–water partition coefficient (Wildman–Crippen LogP) is 3.05. The molecule has 4 rings (SSSR count). The van der Waals surface area contributed by atoms with E-state index in [1.807, 2.05) is 37.3 Å². The van der Waals surface area contributed by atoms with Crippen molar-refractivity contribution in [3.8, 4) is 0 Å². The fraction of sp³-hybridized carbons (Fsp3) is 0.316. The number of amides is 1. The number of benzene rings is 1. The van der Waals surface area contributed by atoms with Crippen molar-refractivity contribution in [2.75, 3.05) is 18.0 Å². The van der Waals surface area contributed by atoms with Gasteiger partial charge >= 0.3 is 0 Å². The van der Waals surface area contributed by atoms with Crippen LogP contribution >= 0.6 is 0 Å². The van der Waals surface area contributed by atoms with E-state index in [0.29, 0.717) is 5.56 Å². The number of aromatic nitrogens is 3. The second-order valence-electron chi connectivity index (χ2n) is 6.40. The molecule has 1 atom stereocenters. The quantitative estimate of drug-likeness (QED) is 0.768. The molecule has 1 aliphatic rings. The summed E-state index contributed by atoms with van der Waals surface area (Å²) in [4.78, 5) is 27.3. The highest BCUT2D eigenvalue weighted by atomic mass is 16.1. The molecule has 1 fully saturated rings. The zero-order valence-electron chi connectivity index (χ0n) is 14.2. The predicted molar refractivity (Wildman–Crippen MR) is 97.7 cm³/mol. The first-order valence-corrected chi connectivity index (χ1v) is 8.68. The van der Waals surface area contributed by atoms with Gasteiger partial charge in [0.1, 0.15) is 11.6 Å². The Hall–Kier alpha value is -2.89. The molecule has 0 radical (unpaired) electrons. The van der Waals surface area contributed by atoms with Crippen molar-refractivity contribution in [1.82, 2.24) is 20.3 Å². The highest BCUT2D eigenvalue weighted by Crippen LogP contribution is 2.23. The molecule has 128 valence electrons. The summed E-state index contributed by atoms with van der Waals surface area (Å²) in [6.07, 6.45) is 4.03. The van der Waals surface area contributed by atoms with Crippen LogP contribution in [-0.2, 0) is 0 Å². The lowest BCUT2D eigenvalue weighted by molar-refractivity contribution is 0.0938. The zero-order valence-corrected chi connectivity index (χ0v) is 14.2. The molecule has 6 heteroatoms. The fourth-order valence-corrected chi connectivity index (χ4v) is 3.28. The van der Waals surface area contributed by atoms with Gasteiger partial charge in [-0.25, -0.2) is 9.97 Å². The molecule has 1 unspecified atom stereocenters. The summed E-state index contributed by atoms with van der Waals surface area (Å²) in [7, 11) is 0. The van der Waals surface area contributed by atoms with Crippen molar-refractivity contribution >= 4 is 22.8 Å². The largest absolute Gasteiger partial charge is 0.356 e. The fourth-order valence-electron chi connectivity index (χ4n) is 3.28. The van der Waals surface area contributed by atoms with Gasteiger partial charge in [-0.3, -0.25) is 4.79 Å². The van der Waals surface area contributed by atoms with E-state index >= 15 is 0 Å². The summed E-state index contributed by atoms with van der Waals surface area (Å²) in [6, 6.07) is 11.3. The third-order valence-electron chi connectivity index (χ3n) is 4.60. The second-order valence-corrected chi connectivity index (χ2v) is 6.40. The minimum Gasteiger partial charge on any atom is -0.356 e. The van der Waals surface area contributed by atoms with E-state index < -0.39 is 0 Å². The smallest absolute Gasteiger partial charge is 0.255 e. The minimum absolute atomic E-state index is 0.122. The molecule has 2 N–H and O–H groups in total. The Bertz CT molecular complexity index is 864.